The van der Waals surface area contributed by atoms with Gasteiger partial charge in [0.1, 0.15) is 6.10 Å². The van der Waals surface area contributed by atoms with Crippen LogP contribution in [0.4, 0.5) is 5.69 Å². The highest BCUT2D eigenvalue weighted by Crippen LogP contribution is 2.20. The zero-order valence-corrected chi connectivity index (χ0v) is 10.1. The van der Waals surface area contributed by atoms with Gasteiger partial charge in [-0.1, -0.05) is 0 Å². The summed E-state index contributed by atoms with van der Waals surface area (Å²) in [4.78, 5) is 17.3. The molecule has 1 unspecified atom stereocenters. The quantitative estimate of drug-likeness (QED) is 0.839. The van der Waals surface area contributed by atoms with E-state index in [1.54, 1.807) is 13.4 Å². The van der Waals surface area contributed by atoms with E-state index in [-0.39, 0.29) is 5.91 Å². The first kappa shape index (κ1) is 11.6. The summed E-state index contributed by atoms with van der Waals surface area (Å²) in [5, 5.41) is 9.26. The predicted molar refractivity (Wildman–Crippen MR) is 65.8 cm³/mol. The van der Waals surface area contributed by atoms with E-state index in [1.165, 1.54) is 11.8 Å². The molecule has 5 heteroatoms. The Morgan fingerprint density at radius 3 is 2.88 bits per heavy atom. The van der Waals surface area contributed by atoms with Crippen molar-refractivity contribution in [3.63, 3.8) is 0 Å². The van der Waals surface area contributed by atoms with Crippen LogP contribution in [0.3, 0.4) is 0 Å². The number of anilines is 1. The molecule has 1 aromatic carbocycles. The molecule has 1 atom stereocenters. The van der Waals surface area contributed by atoms with Crippen molar-refractivity contribution in [3.05, 3.63) is 24.5 Å². The number of hydrogen-bond donors (Lipinski definition) is 1. The second-order valence-corrected chi connectivity index (χ2v) is 4.10. The lowest BCUT2D eigenvalue weighted by Gasteiger charge is -2.18. The summed E-state index contributed by atoms with van der Waals surface area (Å²) in [7, 11) is 3.55. The molecule has 0 aliphatic heterocycles. The van der Waals surface area contributed by atoms with Crippen LogP contribution in [0.2, 0.25) is 0 Å². The number of fused-ring (bicyclic) bond motifs is 1. The Bertz CT molecular complexity index is 560. The number of aromatic nitrogens is 2. The molecule has 1 aromatic heterocycles. The summed E-state index contributed by atoms with van der Waals surface area (Å²) in [5.74, 6) is -0.333. The zero-order valence-electron chi connectivity index (χ0n) is 10.1. The maximum Gasteiger partial charge on any atom is 0.255 e. The molecule has 0 spiro atoms. The Labute approximate surface area is 99.3 Å². The summed E-state index contributed by atoms with van der Waals surface area (Å²) in [6.07, 6.45) is 0.727. The van der Waals surface area contributed by atoms with Gasteiger partial charge in [0.05, 0.1) is 17.4 Å². The van der Waals surface area contributed by atoms with Crippen molar-refractivity contribution in [3.8, 4) is 0 Å². The third kappa shape index (κ3) is 2.01. The normalized spacial score (nSPS) is 12.7. The molecule has 0 bridgehead atoms. The Hall–Kier alpha value is -1.88. The van der Waals surface area contributed by atoms with Crippen molar-refractivity contribution in [1.29, 1.82) is 0 Å². The fourth-order valence-corrected chi connectivity index (χ4v) is 1.74. The number of carbonyl (C=O) groups excluding carboxylic acids is 1. The minimum absolute atomic E-state index is 0.333. The first-order valence-corrected chi connectivity index (χ1v) is 5.37. The summed E-state index contributed by atoms with van der Waals surface area (Å²) >= 11 is 0. The van der Waals surface area contributed by atoms with Gasteiger partial charge in [0.25, 0.3) is 5.91 Å². The standard InChI is InChI=1S/C12H15N3O2/c1-8(16)12(17)15(3)9-4-5-11-10(6-9)13-7-14(11)2/h4-8,16H,1-3H3. The second kappa shape index (κ2) is 4.18. The minimum atomic E-state index is -1.00. The number of nitrogens with zero attached hydrogens (tertiary/aromatic N) is 3. The van der Waals surface area contributed by atoms with Crippen LogP contribution < -0.4 is 4.90 Å². The van der Waals surface area contributed by atoms with E-state index in [2.05, 4.69) is 4.98 Å². The lowest BCUT2D eigenvalue weighted by molar-refractivity contribution is -0.125. The van der Waals surface area contributed by atoms with Gasteiger partial charge in [0.2, 0.25) is 0 Å². The highest BCUT2D eigenvalue weighted by atomic mass is 16.3. The van der Waals surface area contributed by atoms with Crippen LogP contribution in [-0.2, 0) is 11.8 Å². The monoisotopic (exact) mass is 233 g/mol. The summed E-state index contributed by atoms with van der Waals surface area (Å²) in [6.45, 7) is 1.46. The Morgan fingerprint density at radius 1 is 1.53 bits per heavy atom. The molecule has 2 aromatic rings. The number of amides is 1. The fraction of sp³-hybridized carbons (Fsp3) is 0.333. The first-order valence-electron chi connectivity index (χ1n) is 5.37. The van der Waals surface area contributed by atoms with Crippen molar-refractivity contribution >= 4 is 22.6 Å². The summed E-state index contributed by atoms with van der Waals surface area (Å²) in [5.41, 5.74) is 2.56. The lowest BCUT2D eigenvalue weighted by atomic mass is 10.2. The number of benzene rings is 1. The van der Waals surface area contributed by atoms with Gasteiger partial charge in [-0.3, -0.25) is 4.79 Å². The molecule has 5 nitrogen and oxygen atoms in total. The smallest absolute Gasteiger partial charge is 0.255 e. The van der Waals surface area contributed by atoms with Gasteiger partial charge in [0, 0.05) is 19.8 Å². The van der Waals surface area contributed by atoms with Crippen LogP contribution in [0.15, 0.2) is 24.5 Å². The van der Waals surface area contributed by atoms with Crippen LogP contribution in [0.1, 0.15) is 6.92 Å². The van der Waals surface area contributed by atoms with Gasteiger partial charge in [-0.15, -0.1) is 0 Å². The van der Waals surface area contributed by atoms with Crippen molar-refractivity contribution in [2.75, 3.05) is 11.9 Å². The van der Waals surface area contributed by atoms with Gasteiger partial charge in [-0.2, -0.15) is 0 Å². The molecular weight excluding hydrogens is 218 g/mol. The molecule has 1 N–H and O–H groups in total. The van der Waals surface area contributed by atoms with E-state index in [1.807, 2.05) is 29.8 Å². The first-order chi connectivity index (χ1) is 8.00. The number of hydrogen-bond acceptors (Lipinski definition) is 3. The number of aliphatic hydroxyl groups excluding tert-OH is 1. The van der Waals surface area contributed by atoms with Crippen molar-refractivity contribution in [1.82, 2.24) is 9.55 Å². The van der Waals surface area contributed by atoms with E-state index in [9.17, 15) is 9.90 Å². The lowest BCUT2D eigenvalue weighted by Crippen LogP contribution is -2.34. The van der Waals surface area contributed by atoms with Crippen molar-refractivity contribution in [2.45, 2.75) is 13.0 Å². The molecule has 1 heterocycles. The highest BCUT2D eigenvalue weighted by Gasteiger charge is 2.16. The van der Waals surface area contributed by atoms with Gasteiger partial charge in [-0.25, -0.2) is 4.98 Å². The molecule has 0 aliphatic rings. The molecule has 0 fully saturated rings. The van der Waals surface area contributed by atoms with Gasteiger partial charge in [-0.05, 0) is 25.1 Å². The Morgan fingerprint density at radius 2 is 2.24 bits per heavy atom. The second-order valence-electron chi connectivity index (χ2n) is 4.10. The van der Waals surface area contributed by atoms with E-state index in [4.69, 9.17) is 0 Å². The molecule has 17 heavy (non-hydrogen) atoms. The number of likely N-dealkylation sites (N-methyl/N-ethyl adjacent to an activating group) is 1. The van der Waals surface area contributed by atoms with E-state index in [0.717, 1.165) is 16.7 Å². The van der Waals surface area contributed by atoms with Crippen LogP contribution in [0.5, 0.6) is 0 Å². The maximum atomic E-state index is 11.6. The summed E-state index contributed by atoms with van der Waals surface area (Å²) < 4.78 is 1.91. The molecule has 0 saturated carbocycles. The number of rotatable bonds is 2. The average molecular weight is 233 g/mol. The minimum Gasteiger partial charge on any atom is -0.384 e. The predicted octanol–water partition coefficient (Wildman–Crippen LogP) is 0.917. The van der Waals surface area contributed by atoms with Crippen LogP contribution >= 0.6 is 0 Å². The fourth-order valence-electron chi connectivity index (χ4n) is 1.74. The van der Waals surface area contributed by atoms with Crippen molar-refractivity contribution in [2.24, 2.45) is 7.05 Å². The van der Waals surface area contributed by atoms with E-state index < -0.39 is 6.10 Å². The molecule has 0 saturated heterocycles. The largest absolute Gasteiger partial charge is 0.384 e. The topological polar surface area (TPSA) is 58.4 Å². The van der Waals surface area contributed by atoms with Gasteiger partial charge < -0.3 is 14.6 Å². The number of carbonyl (C=O) groups is 1. The van der Waals surface area contributed by atoms with Crippen LogP contribution in [0.25, 0.3) is 11.0 Å². The van der Waals surface area contributed by atoms with Gasteiger partial charge >= 0.3 is 0 Å². The Kier molecular flexibility index (Phi) is 2.85. The number of aliphatic hydroxyl groups is 1. The molecule has 0 radical (unpaired) electrons. The molecule has 90 valence electrons. The molecule has 2 rings (SSSR count). The van der Waals surface area contributed by atoms with Crippen molar-refractivity contribution < 1.29 is 9.90 Å². The Balaban J connectivity index is 2.39. The van der Waals surface area contributed by atoms with E-state index >= 15 is 0 Å². The average Bonchev–Trinajstić information content (AvgIpc) is 2.68. The number of imidazole rings is 1. The maximum absolute atomic E-state index is 11.6. The third-order valence-electron chi connectivity index (χ3n) is 2.78. The summed E-state index contributed by atoms with van der Waals surface area (Å²) in [6, 6.07) is 5.57. The molecule has 0 aliphatic carbocycles. The van der Waals surface area contributed by atoms with Gasteiger partial charge in [0.15, 0.2) is 0 Å². The molecule has 1 amide bonds. The van der Waals surface area contributed by atoms with Crippen LogP contribution in [0, 0.1) is 0 Å². The molecular formula is C12H15N3O2. The van der Waals surface area contributed by atoms with Crippen LogP contribution in [-0.4, -0.2) is 33.7 Å². The van der Waals surface area contributed by atoms with E-state index in [0.29, 0.717) is 0 Å². The third-order valence-corrected chi connectivity index (χ3v) is 2.78. The SMILES string of the molecule is CC(O)C(=O)N(C)c1ccc2c(c1)ncn2C. The number of aryl methyl sites for hydroxylation is 1. The highest BCUT2D eigenvalue weighted by molar-refractivity contribution is 5.97. The zero-order chi connectivity index (χ0) is 12.6.